The molecule has 0 aromatic heterocycles. The summed E-state index contributed by atoms with van der Waals surface area (Å²) >= 11 is 0. The van der Waals surface area contributed by atoms with Crippen LogP contribution in [0.2, 0.25) is 0 Å². The number of carbonyl (C=O) groups is 1. The van der Waals surface area contributed by atoms with E-state index in [0.717, 1.165) is 12.1 Å². The van der Waals surface area contributed by atoms with Crippen LogP contribution in [0.3, 0.4) is 0 Å². The predicted octanol–water partition coefficient (Wildman–Crippen LogP) is 0.332. The molecular formula is C12H16F2N2O2. The van der Waals surface area contributed by atoms with Gasteiger partial charge in [-0.25, -0.2) is 8.78 Å². The van der Waals surface area contributed by atoms with Crippen LogP contribution in [0, 0.1) is 11.6 Å². The molecule has 0 spiro atoms. The van der Waals surface area contributed by atoms with Crippen LogP contribution < -0.4 is 11.1 Å². The molecule has 1 amide bonds. The van der Waals surface area contributed by atoms with Crippen molar-refractivity contribution in [1.82, 2.24) is 5.32 Å². The summed E-state index contributed by atoms with van der Waals surface area (Å²) in [5.41, 5.74) is 5.90. The number of nitrogens with two attached hydrogens (primary N) is 1. The van der Waals surface area contributed by atoms with Crippen LogP contribution >= 0.6 is 0 Å². The van der Waals surface area contributed by atoms with E-state index in [1.165, 1.54) is 13.0 Å². The number of amides is 1. The fourth-order valence-electron chi connectivity index (χ4n) is 1.30. The summed E-state index contributed by atoms with van der Waals surface area (Å²) in [6.45, 7) is 1.65. The fourth-order valence-corrected chi connectivity index (χ4v) is 1.30. The molecule has 0 bridgehead atoms. The average Bonchev–Trinajstić information content (AvgIpc) is 2.30. The van der Waals surface area contributed by atoms with Gasteiger partial charge in [0.25, 0.3) is 0 Å². The molecule has 0 fully saturated rings. The number of hydrogen-bond acceptors (Lipinski definition) is 3. The summed E-state index contributed by atoms with van der Waals surface area (Å²) in [6.07, 6.45) is -0.794. The van der Waals surface area contributed by atoms with Crippen molar-refractivity contribution < 1.29 is 18.7 Å². The number of benzene rings is 1. The van der Waals surface area contributed by atoms with Crippen molar-refractivity contribution in [1.29, 1.82) is 0 Å². The normalized spacial score (nSPS) is 14.1. The lowest BCUT2D eigenvalue weighted by molar-refractivity contribution is -0.120. The lowest BCUT2D eigenvalue weighted by Crippen LogP contribution is -2.44. The highest BCUT2D eigenvalue weighted by molar-refractivity contribution is 5.78. The number of aliphatic hydroxyl groups is 1. The van der Waals surface area contributed by atoms with Gasteiger partial charge in [-0.3, -0.25) is 4.79 Å². The number of aliphatic hydroxyl groups excluding tert-OH is 1. The van der Waals surface area contributed by atoms with E-state index < -0.39 is 23.8 Å². The quantitative estimate of drug-likeness (QED) is 0.712. The van der Waals surface area contributed by atoms with E-state index in [2.05, 4.69) is 5.32 Å². The van der Waals surface area contributed by atoms with Crippen molar-refractivity contribution in [3.05, 3.63) is 35.4 Å². The zero-order valence-corrected chi connectivity index (χ0v) is 9.99. The van der Waals surface area contributed by atoms with Crippen LogP contribution in [0.5, 0.6) is 0 Å². The van der Waals surface area contributed by atoms with Gasteiger partial charge in [-0.1, -0.05) is 6.07 Å². The molecule has 0 heterocycles. The van der Waals surface area contributed by atoms with Gasteiger partial charge in [-0.05, 0) is 24.6 Å². The van der Waals surface area contributed by atoms with Gasteiger partial charge in [0.2, 0.25) is 5.91 Å². The second-order valence-corrected chi connectivity index (χ2v) is 4.13. The Morgan fingerprint density at radius 1 is 1.44 bits per heavy atom. The molecule has 0 aliphatic heterocycles. The minimum absolute atomic E-state index is 0.0657. The first-order valence-electron chi connectivity index (χ1n) is 5.54. The third-order valence-electron chi connectivity index (χ3n) is 2.50. The second-order valence-electron chi connectivity index (χ2n) is 4.13. The SMILES string of the molecule is CC(O)C(N)CNC(=O)Cc1ccc(F)c(F)c1. The van der Waals surface area contributed by atoms with Crippen molar-refractivity contribution in [2.75, 3.05) is 6.54 Å². The minimum atomic E-state index is -0.985. The highest BCUT2D eigenvalue weighted by atomic mass is 19.2. The van der Waals surface area contributed by atoms with Gasteiger partial charge in [-0.2, -0.15) is 0 Å². The van der Waals surface area contributed by atoms with Crippen molar-refractivity contribution in [3.63, 3.8) is 0 Å². The van der Waals surface area contributed by atoms with E-state index in [4.69, 9.17) is 10.8 Å². The van der Waals surface area contributed by atoms with Gasteiger partial charge in [0.1, 0.15) is 0 Å². The molecule has 18 heavy (non-hydrogen) atoms. The monoisotopic (exact) mass is 258 g/mol. The molecule has 2 unspecified atom stereocenters. The second kappa shape index (κ2) is 6.42. The third kappa shape index (κ3) is 4.38. The van der Waals surface area contributed by atoms with Gasteiger partial charge in [0.15, 0.2) is 11.6 Å². The number of carbonyl (C=O) groups excluding carboxylic acids is 1. The van der Waals surface area contributed by atoms with Crippen LogP contribution in [-0.4, -0.2) is 29.7 Å². The summed E-state index contributed by atoms with van der Waals surface area (Å²) in [5, 5.41) is 11.6. The van der Waals surface area contributed by atoms with E-state index in [-0.39, 0.29) is 18.9 Å². The number of halogens is 2. The Labute approximate surface area is 104 Å². The van der Waals surface area contributed by atoms with Crippen LogP contribution in [0.4, 0.5) is 8.78 Å². The molecule has 6 heteroatoms. The van der Waals surface area contributed by atoms with Crippen LogP contribution in [-0.2, 0) is 11.2 Å². The average molecular weight is 258 g/mol. The van der Waals surface area contributed by atoms with Crippen molar-refractivity contribution >= 4 is 5.91 Å². The van der Waals surface area contributed by atoms with Crippen LogP contribution in [0.1, 0.15) is 12.5 Å². The van der Waals surface area contributed by atoms with Crippen molar-refractivity contribution in [2.24, 2.45) is 5.73 Å². The van der Waals surface area contributed by atoms with E-state index in [1.807, 2.05) is 0 Å². The first kappa shape index (κ1) is 14.5. The largest absolute Gasteiger partial charge is 0.392 e. The molecule has 0 aliphatic rings. The zero-order valence-electron chi connectivity index (χ0n) is 9.99. The van der Waals surface area contributed by atoms with Crippen LogP contribution in [0.25, 0.3) is 0 Å². The molecule has 0 saturated carbocycles. The van der Waals surface area contributed by atoms with Gasteiger partial charge >= 0.3 is 0 Å². The van der Waals surface area contributed by atoms with E-state index in [0.29, 0.717) is 5.56 Å². The highest BCUT2D eigenvalue weighted by Gasteiger charge is 2.11. The molecule has 4 nitrogen and oxygen atoms in total. The third-order valence-corrected chi connectivity index (χ3v) is 2.50. The highest BCUT2D eigenvalue weighted by Crippen LogP contribution is 2.09. The fraction of sp³-hybridized carbons (Fsp3) is 0.417. The molecule has 100 valence electrons. The van der Waals surface area contributed by atoms with Gasteiger partial charge in [-0.15, -0.1) is 0 Å². The summed E-state index contributed by atoms with van der Waals surface area (Å²) in [6, 6.07) is 2.73. The minimum Gasteiger partial charge on any atom is -0.392 e. The van der Waals surface area contributed by atoms with Gasteiger partial charge < -0.3 is 16.2 Å². The maximum Gasteiger partial charge on any atom is 0.224 e. The smallest absolute Gasteiger partial charge is 0.224 e. The summed E-state index contributed by atoms with van der Waals surface area (Å²) in [7, 11) is 0. The predicted molar refractivity (Wildman–Crippen MR) is 62.7 cm³/mol. The molecule has 2 atom stereocenters. The Morgan fingerprint density at radius 2 is 2.11 bits per heavy atom. The topological polar surface area (TPSA) is 75.3 Å². The Bertz CT molecular complexity index is 425. The maximum atomic E-state index is 12.9. The number of hydrogen-bond donors (Lipinski definition) is 3. The molecule has 0 radical (unpaired) electrons. The Hall–Kier alpha value is -1.53. The first-order chi connectivity index (χ1) is 8.40. The molecule has 1 rings (SSSR count). The molecule has 1 aromatic rings. The molecule has 0 aliphatic carbocycles. The first-order valence-corrected chi connectivity index (χ1v) is 5.54. The van der Waals surface area contributed by atoms with Crippen molar-refractivity contribution in [3.8, 4) is 0 Å². The number of nitrogens with one attached hydrogen (secondary N) is 1. The lowest BCUT2D eigenvalue weighted by atomic mass is 10.1. The van der Waals surface area contributed by atoms with Gasteiger partial charge in [0.05, 0.1) is 12.5 Å². The van der Waals surface area contributed by atoms with Crippen molar-refractivity contribution in [2.45, 2.75) is 25.5 Å². The standard InChI is InChI=1S/C12H16F2N2O2/c1-7(17)11(15)6-16-12(18)5-8-2-3-9(13)10(14)4-8/h2-4,7,11,17H,5-6,15H2,1H3,(H,16,18). The van der Waals surface area contributed by atoms with E-state index in [9.17, 15) is 13.6 Å². The zero-order chi connectivity index (χ0) is 13.7. The van der Waals surface area contributed by atoms with E-state index in [1.54, 1.807) is 0 Å². The van der Waals surface area contributed by atoms with E-state index >= 15 is 0 Å². The molecule has 1 aromatic carbocycles. The summed E-state index contributed by atoms with van der Waals surface area (Å²) < 4.78 is 25.5. The Balaban J connectivity index is 2.47. The molecule has 4 N–H and O–H groups in total. The van der Waals surface area contributed by atoms with Gasteiger partial charge in [0, 0.05) is 12.6 Å². The number of rotatable bonds is 5. The maximum absolute atomic E-state index is 12.9. The lowest BCUT2D eigenvalue weighted by Gasteiger charge is -2.15. The molecule has 0 saturated heterocycles. The summed E-state index contributed by atoms with van der Waals surface area (Å²) in [4.78, 5) is 11.5. The Morgan fingerprint density at radius 3 is 2.67 bits per heavy atom. The summed E-state index contributed by atoms with van der Waals surface area (Å²) in [5.74, 6) is -2.30. The molecular weight excluding hydrogens is 242 g/mol. The Kier molecular flexibility index (Phi) is 5.18. The van der Waals surface area contributed by atoms with Crippen LogP contribution in [0.15, 0.2) is 18.2 Å².